The molecule has 0 amide bonds. The molecule has 0 aliphatic heterocycles. The van der Waals surface area contributed by atoms with E-state index in [4.69, 9.17) is 0 Å². The second-order valence-corrected chi connectivity index (χ2v) is 3.02. The summed E-state index contributed by atoms with van der Waals surface area (Å²) in [6.07, 6.45) is 1.63. The molecule has 1 N–H and O–H groups in total. The molecule has 0 atom stereocenters. The number of hydrogen-bond donors (Lipinski definition) is 1. The number of nitrogens with zero attached hydrogens (tertiary/aromatic N) is 1. The average molecular weight is 203 g/mol. The normalized spacial score (nSPS) is 10.2. The fraction of sp³-hybridized carbons (Fsp3) is 0.0909. The van der Waals surface area contributed by atoms with Gasteiger partial charge in [0.25, 0.3) is 0 Å². The second-order valence-electron chi connectivity index (χ2n) is 3.02. The van der Waals surface area contributed by atoms with E-state index in [0.29, 0.717) is 10.9 Å². The van der Waals surface area contributed by atoms with Crippen LogP contribution in [0, 0.1) is 0 Å². The average Bonchev–Trinajstić information content (AvgIpc) is 2.28. The van der Waals surface area contributed by atoms with Crippen LogP contribution in [-0.2, 0) is 4.74 Å². The first kappa shape index (κ1) is 9.45. The lowest BCUT2D eigenvalue weighted by Gasteiger charge is -2.05. The summed E-state index contributed by atoms with van der Waals surface area (Å²) in [4.78, 5) is 15.5. The summed E-state index contributed by atoms with van der Waals surface area (Å²) in [6, 6.07) is 6.50. The number of fused-ring (bicyclic) bond motifs is 1. The van der Waals surface area contributed by atoms with E-state index < -0.39 is 5.97 Å². The summed E-state index contributed by atoms with van der Waals surface area (Å²) >= 11 is 0. The van der Waals surface area contributed by atoms with Gasteiger partial charge in [-0.1, -0.05) is 6.07 Å². The number of esters is 1. The van der Waals surface area contributed by atoms with Crippen molar-refractivity contribution in [3.63, 3.8) is 0 Å². The molecular formula is C11H9NO3. The monoisotopic (exact) mass is 203 g/mol. The Kier molecular flexibility index (Phi) is 2.25. The molecule has 0 fully saturated rings. The van der Waals surface area contributed by atoms with E-state index in [1.54, 1.807) is 24.4 Å². The van der Waals surface area contributed by atoms with Crippen molar-refractivity contribution in [3.8, 4) is 5.75 Å². The van der Waals surface area contributed by atoms with Gasteiger partial charge in [0.2, 0.25) is 0 Å². The Morgan fingerprint density at radius 1 is 1.40 bits per heavy atom. The van der Waals surface area contributed by atoms with Gasteiger partial charge >= 0.3 is 5.97 Å². The number of aromatic nitrogens is 1. The summed E-state index contributed by atoms with van der Waals surface area (Å²) in [7, 11) is 1.27. The van der Waals surface area contributed by atoms with Crippen molar-refractivity contribution in [1.29, 1.82) is 0 Å². The third-order valence-corrected chi connectivity index (χ3v) is 2.15. The maximum atomic E-state index is 11.4. The van der Waals surface area contributed by atoms with Crippen LogP contribution in [0.15, 0.2) is 30.5 Å². The molecule has 15 heavy (non-hydrogen) atoms. The number of aromatic hydroxyl groups is 1. The van der Waals surface area contributed by atoms with E-state index in [1.165, 1.54) is 13.2 Å². The molecule has 2 aromatic rings. The van der Waals surface area contributed by atoms with Crippen molar-refractivity contribution < 1.29 is 14.6 Å². The molecule has 0 saturated carbocycles. The van der Waals surface area contributed by atoms with Gasteiger partial charge in [0.1, 0.15) is 11.3 Å². The lowest BCUT2D eigenvalue weighted by Crippen LogP contribution is -2.02. The number of methoxy groups -OCH3 is 1. The smallest absolute Gasteiger partial charge is 0.342 e. The number of pyridine rings is 1. The van der Waals surface area contributed by atoms with E-state index >= 15 is 0 Å². The van der Waals surface area contributed by atoms with Gasteiger partial charge in [0.05, 0.1) is 12.6 Å². The van der Waals surface area contributed by atoms with E-state index in [2.05, 4.69) is 9.72 Å². The minimum Gasteiger partial charge on any atom is -0.507 e. The van der Waals surface area contributed by atoms with E-state index in [0.717, 1.165) is 0 Å². The first-order valence-corrected chi connectivity index (χ1v) is 4.39. The predicted molar refractivity (Wildman–Crippen MR) is 54.7 cm³/mol. The fourth-order valence-electron chi connectivity index (χ4n) is 1.46. The Labute approximate surface area is 86.1 Å². The van der Waals surface area contributed by atoms with Crippen molar-refractivity contribution in [1.82, 2.24) is 4.98 Å². The maximum Gasteiger partial charge on any atom is 0.342 e. The molecule has 1 aromatic heterocycles. The van der Waals surface area contributed by atoms with Crippen molar-refractivity contribution >= 4 is 16.9 Å². The minimum absolute atomic E-state index is 0.0950. The molecular weight excluding hydrogens is 194 g/mol. The highest BCUT2D eigenvalue weighted by atomic mass is 16.5. The van der Waals surface area contributed by atoms with Gasteiger partial charge in [-0.25, -0.2) is 4.79 Å². The molecule has 76 valence electrons. The molecule has 0 aliphatic carbocycles. The van der Waals surface area contributed by atoms with Gasteiger partial charge in [0.15, 0.2) is 0 Å². The molecule has 0 bridgehead atoms. The van der Waals surface area contributed by atoms with Crippen LogP contribution >= 0.6 is 0 Å². The third-order valence-electron chi connectivity index (χ3n) is 2.15. The fourth-order valence-corrected chi connectivity index (χ4v) is 1.46. The highest BCUT2D eigenvalue weighted by molar-refractivity contribution is 6.05. The quantitative estimate of drug-likeness (QED) is 0.717. The van der Waals surface area contributed by atoms with Gasteiger partial charge in [-0.2, -0.15) is 0 Å². The van der Waals surface area contributed by atoms with Crippen molar-refractivity contribution in [2.24, 2.45) is 0 Å². The molecule has 0 saturated heterocycles. The first-order chi connectivity index (χ1) is 7.24. The first-order valence-electron chi connectivity index (χ1n) is 4.39. The van der Waals surface area contributed by atoms with E-state index in [1.807, 2.05) is 0 Å². The van der Waals surface area contributed by atoms with Crippen molar-refractivity contribution in [2.45, 2.75) is 0 Å². The van der Waals surface area contributed by atoms with Crippen molar-refractivity contribution in [3.05, 3.63) is 36.0 Å². The Morgan fingerprint density at radius 2 is 2.20 bits per heavy atom. The number of hydrogen-bond acceptors (Lipinski definition) is 4. The Morgan fingerprint density at radius 3 is 2.93 bits per heavy atom. The lowest BCUT2D eigenvalue weighted by atomic mass is 10.1. The number of ether oxygens (including phenoxy) is 1. The SMILES string of the molecule is COC(=O)c1c(O)ccc2ncccc12. The summed E-state index contributed by atoms with van der Waals surface area (Å²) in [5, 5.41) is 10.2. The van der Waals surface area contributed by atoms with Gasteiger partial charge < -0.3 is 9.84 Å². The molecule has 0 unspecified atom stereocenters. The van der Waals surface area contributed by atoms with Crippen LogP contribution in [-0.4, -0.2) is 23.2 Å². The molecule has 0 spiro atoms. The predicted octanol–water partition coefficient (Wildman–Crippen LogP) is 1.73. The Balaban J connectivity index is 2.79. The van der Waals surface area contributed by atoms with Crippen LogP contribution in [0.4, 0.5) is 0 Å². The molecule has 0 radical (unpaired) electrons. The topological polar surface area (TPSA) is 59.4 Å². The van der Waals surface area contributed by atoms with Gasteiger partial charge in [-0.15, -0.1) is 0 Å². The highest BCUT2D eigenvalue weighted by Gasteiger charge is 2.15. The van der Waals surface area contributed by atoms with E-state index in [9.17, 15) is 9.90 Å². The van der Waals surface area contributed by atoms with Crippen molar-refractivity contribution in [2.75, 3.05) is 7.11 Å². The second kappa shape index (κ2) is 3.57. The zero-order valence-electron chi connectivity index (χ0n) is 8.10. The molecule has 1 aromatic carbocycles. The number of carbonyl (C=O) groups excluding carboxylic acids is 1. The van der Waals surface area contributed by atoms with Crippen LogP contribution in [0.25, 0.3) is 10.9 Å². The summed E-state index contributed by atoms with van der Waals surface area (Å²) in [5.41, 5.74) is 0.804. The highest BCUT2D eigenvalue weighted by Crippen LogP contribution is 2.26. The Hall–Kier alpha value is -2.10. The molecule has 4 heteroatoms. The summed E-state index contributed by atoms with van der Waals surface area (Å²) in [5.74, 6) is -0.659. The standard InChI is InChI=1S/C11H9NO3/c1-15-11(14)10-7-3-2-6-12-8(7)4-5-9(10)13/h2-6,13H,1H3. The molecule has 0 aliphatic rings. The number of phenolic OH excluding ortho intramolecular Hbond substituents is 1. The summed E-state index contributed by atoms with van der Waals surface area (Å²) < 4.78 is 4.60. The number of phenols is 1. The van der Waals surface area contributed by atoms with Crippen LogP contribution in [0.1, 0.15) is 10.4 Å². The number of rotatable bonds is 1. The van der Waals surface area contributed by atoms with E-state index in [-0.39, 0.29) is 11.3 Å². The summed E-state index contributed by atoms with van der Waals surface area (Å²) in [6.45, 7) is 0. The largest absolute Gasteiger partial charge is 0.507 e. The zero-order valence-corrected chi connectivity index (χ0v) is 8.10. The van der Waals surface area contributed by atoms with Gasteiger partial charge in [-0.3, -0.25) is 4.98 Å². The lowest BCUT2D eigenvalue weighted by molar-refractivity contribution is 0.0600. The minimum atomic E-state index is -0.564. The maximum absolute atomic E-state index is 11.4. The zero-order chi connectivity index (χ0) is 10.8. The molecule has 1 heterocycles. The van der Waals surface area contributed by atoms with Gasteiger partial charge in [0, 0.05) is 11.6 Å². The van der Waals surface area contributed by atoms with Crippen LogP contribution in [0.2, 0.25) is 0 Å². The van der Waals surface area contributed by atoms with Gasteiger partial charge in [-0.05, 0) is 18.2 Å². The van der Waals surface area contributed by atoms with Crippen LogP contribution in [0.5, 0.6) is 5.75 Å². The van der Waals surface area contributed by atoms with Crippen LogP contribution < -0.4 is 0 Å². The number of carbonyl (C=O) groups is 1. The molecule has 2 rings (SSSR count). The molecule has 4 nitrogen and oxygen atoms in total. The Bertz CT molecular complexity index is 522. The van der Waals surface area contributed by atoms with Crippen LogP contribution in [0.3, 0.4) is 0 Å². The third kappa shape index (κ3) is 1.50. The number of benzene rings is 1.